The molecule has 2 nitrogen and oxygen atoms in total. The highest BCUT2D eigenvalue weighted by molar-refractivity contribution is 5.35. The summed E-state index contributed by atoms with van der Waals surface area (Å²) in [6, 6.07) is 7.54. The lowest BCUT2D eigenvalue weighted by molar-refractivity contribution is -0.0246. The van der Waals surface area contributed by atoms with E-state index in [-0.39, 0.29) is 6.29 Å². The van der Waals surface area contributed by atoms with Crippen LogP contribution < -0.4 is 0 Å². The molecule has 1 aliphatic rings. The van der Waals surface area contributed by atoms with E-state index >= 15 is 0 Å². The minimum Gasteiger partial charge on any atom is -0.455 e. The number of benzene rings is 1. The lowest BCUT2D eigenvalue weighted by atomic mass is 10.1. The molecule has 2 heteroatoms. The minimum absolute atomic E-state index is 0.340. The second-order valence-corrected chi connectivity index (χ2v) is 2.65. The summed E-state index contributed by atoms with van der Waals surface area (Å²) < 4.78 is 10.3. The summed E-state index contributed by atoms with van der Waals surface area (Å²) in [5.41, 5.74) is 1.76. The number of hydrogen-bond acceptors (Lipinski definition) is 2. The van der Waals surface area contributed by atoms with E-state index < -0.39 is 0 Å². The van der Waals surface area contributed by atoms with Gasteiger partial charge in [-0.15, -0.1) is 6.42 Å². The quantitative estimate of drug-likeness (QED) is 0.604. The number of rotatable bonds is 1. The third-order valence-corrected chi connectivity index (χ3v) is 1.79. The van der Waals surface area contributed by atoms with Crippen LogP contribution in [0.2, 0.25) is 0 Å². The summed E-state index contributed by atoms with van der Waals surface area (Å²) in [6.07, 6.45) is 7.97. The Morgan fingerprint density at radius 3 is 2.69 bits per heavy atom. The molecule has 0 N–H and O–H groups in total. The van der Waals surface area contributed by atoms with Crippen molar-refractivity contribution in [2.45, 2.75) is 6.29 Å². The Hall–Kier alpha value is -1.88. The zero-order valence-corrected chi connectivity index (χ0v) is 6.94. The van der Waals surface area contributed by atoms with Crippen molar-refractivity contribution in [2.75, 3.05) is 0 Å². The molecule has 0 fully saturated rings. The Bertz CT molecular complexity index is 366. The van der Waals surface area contributed by atoms with Crippen LogP contribution in [-0.2, 0) is 9.47 Å². The fourth-order valence-electron chi connectivity index (χ4n) is 1.17. The number of terminal acetylenes is 1. The summed E-state index contributed by atoms with van der Waals surface area (Å²) >= 11 is 0. The predicted octanol–water partition coefficient (Wildman–Crippen LogP) is 2.18. The summed E-state index contributed by atoms with van der Waals surface area (Å²) in [5.74, 6) is 2.56. The minimum atomic E-state index is -0.340. The van der Waals surface area contributed by atoms with Crippen LogP contribution in [0.1, 0.15) is 17.4 Å². The molecule has 1 aromatic rings. The molecular weight excluding hydrogens is 164 g/mol. The van der Waals surface area contributed by atoms with Gasteiger partial charge in [-0.05, 0) is 12.1 Å². The van der Waals surface area contributed by atoms with Crippen molar-refractivity contribution >= 4 is 0 Å². The predicted molar refractivity (Wildman–Crippen MR) is 48.4 cm³/mol. The molecule has 0 radical (unpaired) electrons. The van der Waals surface area contributed by atoms with E-state index in [4.69, 9.17) is 15.9 Å². The fraction of sp³-hybridized carbons (Fsp3) is 0.0909. The molecule has 13 heavy (non-hydrogen) atoms. The zero-order chi connectivity index (χ0) is 9.10. The highest BCUT2D eigenvalue weighted by Gasteiger charge is 2.14. The molecule has 0 unspecified atom stereocenters. The second-order valence-electron chi connectivity index (χ2n) is 2.65. The van der Waals surface area contributed by atoms with Crippen LogP contribution in [0.3, 0.4) is 0 Å². The first-order chi connectivity index (χ1) is 6.40. The van der Waals surface area contributed by atoms with E-state index in [0.29, 0.717) is 0 Å². The molecule has 1 aliphatic heterocycles. The Morgan fingerprint density at radius 2 is 2.00 bits per heavy atom. The molecule has 0 aliphatic carbocycles. The zero-order valence-electron chi connectivity index (χ0n) is 6.94. The fourth-order valence-corrected chi connectivity index (χ4v) is 1.17. The highest BCUT2D eigenvalue weighted by atomic mass is 16.7. The Balaban J connectivity index is 2.26. The van der Waals surface area contributed by atoms with Crippen molar-refractivity contribution in [3.8, 4) is 12.3 Å². The first-order valence-corrected chi connectivity index (χ1v) is 3.92. The van der Waals surface area contributed by atoms with Gasteiger partial charge in [-0.3, -0.25) is 0 Å². The van der Waals surface area contributed by atoms with Crippen LogP contribution in [0.5, 0.6) is 0 Å². The lowest BCUT2D eigenvalue weighted by Gasteiger charge is -2.09. The van der Waals surface area contributed by atoms with E-state index in [1.807, 2.05) is 24.3 Å². The average molecular weight is 172 g/mol. The van der Waals surface area contributed by atoms with Crippen molar-refractivity contribution < 1.29 is 9.47 Å². The van der Waals surface area contributed by atoms with Crippen molar-refractivity contribution in [1.29, 1.82) is 0 Å². The molecular formula is C11H8O2. The lowest BCUT2D eigenvalue weighted by Crippen LogP contribution is -1.97. The van der Waals surface area contributed by atoms with Gasteiger partial charge in [0.1, 0.15) is 12.5 Å². The van der Waals surface area contributed by atoms with E-state index in [1.54, 1.807) is 0 Å². The summed E-state index contributed by atoms with van der Waals surface area (Å²) in [5, 5.41) is 0. The summed E-state index contributed by atoms with van der Waals surface area (Å²) in [7, 11) is 0. The molecule has 0 saturated carbocycles. The Morgan fingerprint density at radius 1 is 1.23 bits per heavy atom. The van der Waals surface area contributed by atoms with Crippen LogP contribution in [0, 0.1) is 12.3 Å². The van der Waals surface area contributed by atoms with Gasteiger partial charge in [-0.2, -0.15) is 0 Å². The first-order valence-electron chi connectivity index (χ1n) is 3.92. The van der Waals surface area contributed by atoms with Gasteiger partial charge in [0.15, 0.2) is 0 Å². The molecule has 64 valence electrons. The van der Waals surface area contributed by atoms with Gasteiger partial charge in [0.05, 0.1) is 0 Å². The van der Waals surface area contributed by atoms with Crippen molar-refractivity contribution in [3.63, 3.8) is 0 Å². The van der Waals surface area contributed by atoms with Gasteiger partial charge in [0, 0.05) is 11.1 Å². The topological polar surface area (TPSA) is 18.5 Å². The van der Waals surface area contributed by atoms with Crippen molar-refractivity contribution in [3.05, 3.63) is 47.9 Å². The van der Waals surface area contributed by atoms with Gasteiger partial charge in [0.2, 0.25) is 0 Å². The average Bonchev–Trinajstić information content (AvgIpc) is 2.71. The van der Waals surface area contributed by atoms with Crippen molar-refractivity contribution in [1.82, 2.24) is 0 Å². The van der Waals surface area contributed by atoms with Gasteiger partial charge in [-0.1, -0.05) is 18.1 Å². The van der Waals surface area contributed by atoms with E-state index in [9.17, 15) is 0 Å². The maximum absolute atomic E-state index is 5.27. The van der Waals surface area contributed by atoms with Crippen LogP contribution in [0.4, 0.5) is 0 Å². The van der Waals surface area contributed by atoms with Gasteiger partial charge >= 0.3 is 0 Å². The SMILES string of the molecule is C#Cc1cccc(C2OC=CO2)c1. The smallest absolute Gasteiger partial charge is 0.266 e. The van der Waals surface area contributed by atoms with E-state index in [0.717, 1.165) is 11.1 Å². The summed E-state index contributed by atoms with van der Waals surface area (Å²) in [4.78, 5) is 0. The molecule has 0 aromatic heterocycles. The number of ether oxygens (including phenoxy) is 2. The highest BCUT2D eigenvalue weighted by Crippen LogP contribution is 2.24. The van der Waals surface area contributed by atoms with Gasteiger partial charge in [-0.25, -0.2) is 0 Å². The maximum Gasteiger partial charge on any atom is 0.266 e. The Labute approximate surface area is 76.8 Å². The van der Waals surface area contributed by atoms with Crippen LogP contribution in [0.25, 0.3) is 0 Å². The molecule has 0 atom stereocenters. The molecule has 0 spiro atoms. The van der Waals surface area contributed by atoms with Crippen LogP contribution in [0.15, 0.2) is 36.8 Å². The van der Waals surface area contributed by atoms with Crippen LogP contribution in [-0.4, -0.2) is 0 Å². The monoisotopic (exact) mass is 172 g/mol. The molecule has 0 amide bonds. The molecule has 2 rings (SSSR count). The third kappa shape index (κ3) is 1.50. The van der Waals surface area contributed by atoms with Gasteiger partial charge in [0.25, 0.3) is 6.29 Å². The Kier molecular flexibility index (Phi) is 1.93. The third-order valence-electron chi connectivity index (χ3n) is 1.79. The van der Waals surface area contributed by atoms with E-state index in [2.05, 4.69) is 5.92 Å². The molecule has 1 heterocycles. The summed E-state index contributed by atoms with van der Waals surface area (Å²) in [6.45, 7) is 0. The number of hydrogen-bond donors (Lipinski definition) is 0. The maximum atomic E-state index is 5.27. The van der Waals surface area contributed by atoms with Gasteiger partial charge < -0.3 is 9.47 Å². The molecule has 0 saturated heterocycles. The second kappa shape index (κ2) is 3.24. The molecule has 0 bridgehead atoms. The first kappa shape index (κ1) is 7.75. The molecule has 1 aromatic carbocycles. The van der Waals surface area contributed by atoms with Crippen LogP contribution >= 0.6 is 0 Å². The van der Waals surface area contributed by atoms with Crippen molar-refractivity contribution in [2.24, 2.45) is 0 Å². The normalized spacial score (nSPS) is 14.7. The largest absolute Gasteiger partial charge is 0.455 e. The van der Waals surface area contributed by atoms with E-state index in [1.165, 1.54) is 12.5 Å². The standard InChI is InChI=1S/C11H8O2/c1-2-9-4-3-5-10(8-9)11-12-6-7-13-11/h1,3-8,11H.